The third-order valence-electron chi connectivity index (χ3n) is 4.44. The van der Waals surface area contributed by atoms with E-state index in [2.05, 4.69) is 10.4 Å². The lowest BCUT2D eigenvalue weighted by molar-refractivity contribution is -0.138. The summed E-state index contributed by atoms with van der Waals surface area (Å²) in [6.45, 7) is 1.95. The van der Waals surface area contributed by atoms with E-state index in [0.29, 0.717) is 13.1 Å². The maximum Gasteiger partial charge on any atom is 0.246 e. The number of aliphatic hydroxyl groups excluding tert-OH is 1. The molecular formula is C15H22N4O3. The summed E-state index contributed by atoms with van der Waals surface area (Å²) in [6, 6.07) is 1.93. The van der Waals surface area contributed by atoms with Gasteiger partial charge in [-0.3, -0.25) is 14.3 Å². The van der Waals surface area contributed by atoms with Crippen LogP contribution in [0.3, 0.4) is 0 Å². The fourth-order valence-electron chi connectivity index (χ4n) is 2.95. The SMILES string of the molecule is O=C(CO)NCc1cc2n(n1)CCCN(C(=O)C1CCC1)C2. The van der Waals surface area contributed by atoms with E-state index in [0.717, 1.165) is 50.2 Å². The van der Waals surface area contributed by atoms with Crippen molar-refractivity contribution in [1.82, 2.24) is 20.0 Å². The Kier molecular flexibility index (Phi) is 4.42. The van der Waals surface area contributed by atoms with E-state index in [9.17, 15) is 9.59 Å². The molecule has 1 aromatic rings. The highest BCUT2D eigenvalue weighted by molar-refractivity contribution is 5.79. The second-order valence-corrected chi connectivity index (χ2v) is 6.03. The average molecular weight is 306 g/mol. The minimum atomic E-state index is -0.517. The minimum Gasteiger partial charge on any atom is -0.387 e. The first-order valence-electron chi connectivity index (χ1n) is 7.89. The molecule has 0 aromatic carbocycles. The molecule has 1 aliphatic carbocycles. The molecule has 1 aromatic heterocycles. The Morgan fingerprint density at radius 2 is 2.14 bits per heavy atom. The first kappa shape index (κ1) is 15.0. The Bertz CT molecular complexity index is 565. The molecule has 0 saturated heterocycles. The van der Waals surface area contributed by atoms with Gasteiger partial charge >= 0.3 is 0 Å². The molecule has 3 rings (SSSR count). The van der Waals surface area contributed by atoms with Crippen LogP contribution in [0, 0.1) is 5.92 Å². The quantitative estimate of drug-likeness (QED) is 0.821. The van der Waals surface area contributed by atoms with Crippen LogP contribution in [0.4, 0.5) is 0 Å². The van der Waals surface area contributed by atoms with Gasteiger partial charge in [0.05, 0.1) is 24.5 Å². The van der Waals surface area contributed by atoms with Gasteiger partial charge < -0.3 is 15.3 Å². The molecule has 0 spiro atoms. The van der Waals surface area contributed by atoms with E-state index in [1.807, 2.05) is 15.6 Å². The van der Waals surface area contributed by atoms with E-state index >= 15 is 0 Å². The molecule has 1 aliphatic heterocycles. The number of aliphatic hydroxyl groups is 1. The Morgan fingerprint density at radius 1 is 1.32 bits per heavy atom. The molecule has 1 saturated carbocycles. The highest BCUT2D eigenvalue weighted by Gasteiger charge is 2.30. The van der Waals surface area contributed by atoms with Crippen LogP contribution in [-0.4, -0.2) is 44.8 Å². The molecule has 22 heavy (non-hydrogen) atoms. The zero-order valence-electron chi connectivity index (χ0n) is 12.6. The molecule has 120 valence electrons. The first-order valence-corrected chi connectivity index (χ1v) is 7.89. The predicted octanol–water partition coefficient (Wildman–Crippen LogP) is 0.0240. The van der Waals surface area contributed by atoms with Crippen molar-refractivity contribution in [2.24, 2.45) is 5.92 Å². The third-order valence-corrected chi connectivity index (χ3v) is 4.44. The molecule has 2 amide bonds. The highest BCUT2D eigenvalue weighted by atomic mass is 16.3. The maximum absolute atomic E-state index is 12.4. The van der Waals surface area contributed by atoms with Crippen molar-refractivity contribution in [1.29, 1.82) is 0 Å². The number of aromatic nitrogens is 2. The molecular weight excluding hydrogens is 284 g/mol. The number of nitrogens with zero attached hydrogens (tertiary/aromatic N) is 3. The van der Waals surface area contributed by atoms with Gasteiger partial charge in [-0.25, -0.2) is 0 Å². The minimum absolute atomic E-state index is 0.220. The van der Waals surface area contributed by atoms with Crippen molar-refractivity contribution in [3.05, 3.63) is 17.5 Å². The summed E-state index contributed by atoms with van der Waals surface area (Å²) in [5, 5.41) is 15.8. The number of aryl methyl sites for hydroxylation is 1. The van der Waals surface area contributed by atoms with E-state index in [1.165, 1.54) is 0 Å². The highest BCUT2D eigenvalue weighted by Crippen LogP contribution is 2.29. The summed E-state index contributed by atoms with van der Waals surface area (Å²) in [6.07, 6.45) is 4.10. The topological polar surface area (TPSA) is 87.5 Å². The van der Waals surface area contributed by atoms with Crippen molar-refractivity contribution >= 4 is 11.8 Å². The Hall–Kier alpha value is -1.89. The normalized spacial score (nSPS) is 18.3. The van der Waals surface area contributed by atoms with Crippen molar-refractivity contribution in [2.75, 3.05) is 13.2 Å². The monoisotopic (exact) mass is 306 g/mol. The summed E-state index contributed by atoms with van der Waals surface area (Å²) in [5.41, 5.74) is 1.77. The average Bonchev–Trinajstić information content (AvgIpc) is 2.73. The molecule has 2 aliphatic rings. The number of carbonyl (C=O) groups excluding carboxylic acids is 2. The van der Waals surface area contributed by atoms with Gasteiger partial charge in [-0.05, 0) is 25.3 Å². The summed E-state index contributed by atoms with van der Waals surface area (Å²) in [4.78, 5) is 25.5. The number of hydrogen-bond acceptors (Lipinski definition) is 4. The van der Waals surface area contributed by atoms with Crippen LogP contribution in [0.1, 0.15) is 37.1 Å². The number of carbonyl (C=O) groups is 2. The summed E-state index contributed by atoms with van der Waals surface area (Å²) < 4.78 is 1.93. The lowest BCUT2D eigenvalue weighted by Gasteiger charge is -2.30. The van der Waals surface area contributed by atoms with Crippen LogP contribution in [0.25, 0.3) is 0 Å². The van der Waals surface area contributed by atoms with Crippen LogP contribution in [0.2, 0.25) is 0 Å². The van der Waals surface area contributed by atoms with Crippen LogP contribution in [0.15, 0.2) is 6.07 Å². The second-order valence-electron chi connectivity index (χ2n) is 6.03. The molecule has 7 nitrogen and oxygen atoms in total. The van der Waals surface area contributed by atoms with Gasteiger partial charge in [-0.1, -0.05) is 6.42 Å². The van der Waals surface area contributed by atoms with Gasteiger partial charge in [0, 0.05) is 19.0 Å². The number of nitrogens with one attached hydrogen (secondary N) is 1. The molecule has 0 unspecified atom stereocenters. The summed E-state index contributed by atoms with van der Waals surface area (Å²) >= 11 is 0. The summed E-state index contributed by atoms with van der Waals surface area (Å²) in [7, 11) is 0. The van der Waals surface area contributed by atoms with E-state index in [1.54, 1.807) is 0 Å². The summed E-state index contributed by atoms with van der Waals surface area (Å²) in [5.74, 6) is 0.0822. The van der Waals surface area contributed by atoms with Crippen molar-refractivity contribution in [2.45, 2.75) is 45.3 Å². The Labute approximate surface area is 129 Å². The lowest BCUT2D eigenvalue weighted by Crippen LogP contribution is -2.38. The largest absolute Gasteiger partial charge is 0.387 e. The zero-order valence-corrected chi connectivity index (χ0v) is 12.6. The van der Waals surface area contributed by atoms with Crippen LogP contribution < -0.4 is 5.32 Å². The van der Waals surface area contributed by atoms with Gasteiger partial charge in [0.1, 0.15) is 6.61 Å². The maximum atomic E-state index is 12.4. The number of rotatable bonds is 4. The van der Waals surface area contributed by atoms with E-state index in [-0.39, 0.29) is 11.8 Å². The van der Waals surface area contributed by atoms with Crippen LogP contribution in [-0.2, 0) is 29.2 Å². The molecule has 0 radical (unpaired) electrons. The van der Waals surface area contributed by atoms with E-state index < -0.39 is 12.5 Å². The fourth-order valence-corrected chi connectivity index (χ4v) is 2.95. The Balaban J connectivity index is 1.65. The molecule has 0 atom stereocenters. The smallest absolute Gasteiger partial charge is 0.246 e. The van der Waals surface area contributed by atoms with Gasteiger partial charge in [0.15, 0.2) is 0 Å². The molecule has 0 bridgehead atoms. The Morgan fingerprint density at radius 3 is 2.82 bits per heavy atom. The first-order chi connectivity index (χ1) is 10.7. The van der Waals surface area contributed by atoms with Crippen molar-refractivity contribution < 1.29 is 14.7 Å². The molecule has 2 N–H and O–H groups in total. The second kappa shape index (κ2) is 6.48. The number of hydrogen-bond donors (Lipinski definition) is 2. The lowest BCUT2D eigenvalue weighted by atomic mass is 9.84. The molecule has 7 heteroatoms. The fraction of sp³-hybridized carbons (Fsp3) is 0.667. The standard InChI is InChI=1S/C15H22N4O3/c20-10-14(21)16-8-12-7-13-9-18(5-2-6-19(13)17-12)15(22)11-3-1-4-11/h7,11,20H,1-6,8-10H2,(H,16,21). The van der Waals surface area contributed by atoms with Crippen LogP contribution >= 0.6 is 0 Å². The van der Waals surface area contributed by atoms with Gasteiger partial charge in [-0.15, -0.1) is 0 Å². The third kappa shape index (κ3) is 3.14. The van der Waals surface area contributed by atoms with Crippen molar-refractivity contribution in [3.8, 4) is 0 Å². The van der Waals surface area contributed by atoms with Gasteiger partial charge in [0.25, 0.3) is 0 Å². The van der Waals surface area contributed by atoms with Gasteiger partial charge in [0.2, 0.25) is 11.8 Å². The number of fused-ring (bicyclic) bond motifs is 1. The molecule has 1 fully saturated rings. The molecule has 2 heterocycles. The van der Waals surface area contributed by atoms with Crippen molar-refractivity contribution in [3.63, 3.8) is 0 Å². The van der Waals surface area contributed by atoms with Gasteiger partial charge in [-0.2, -0.15) is 5.10 Å². The van der Waals surface area contributed by atoms with E-state index in [4.69, 9.17) is 5.11 Å². The van der Waals surface area contributed by atoms with Crippen LogP contribution in [0.5, 0.6) is 0 Å². The predicted molar refractivity (Wildman–Crippen MR) is 78.5 cm³/mol. The number of amides is 2. The zero-order chi connectivity index (χ0) is 15.5.